The maximum atomic E-state index is 13.6. The van der Waals surface area contributed by atoms with Gasteiger partial charge in [0.2, 0.25) is 5.91 Å². The molecule has 0 aliphatic carbocycles. The highest BCUT2D eigenvalue weighted by Gasteiger charge is 2.29. The van der Waals surface area contributed by atoms with E-state index in [-0.39, 0.29) is 11.7 Å². The van der Waals surface area contributed by atoms with E-state index in [0.29, 0.717) is 36.9 Å². The van der Waals surface area contributed by atoms with Gasteiger partial charge < -0.3 is 10.1 Å². The molecule has 1 aromatic carbocycles. The molecule has 1 aromatic heterocycles. The van der Waals surface area contributed by atoms with Gasteiger partial charge in [-0.2, -0.15) is 4.37 Å². The van der Waals surface area contributed by atoms with Crippen LogP contribution in [0.1, 0.15) is 17.3 Å². The standard InChI is InChI=1S/C16H18FN3O2S/c1-11-9-14(23-19-11)18-16(21)15(20-5-7-22-8-6-20)12-3-2-4-13(17)10-12/h2-4,9-10,15H,5-8H2,1H3,(H,18,21). The number of hydrogen-bond donors (Lipinski definition) is 1. The maximum absolute atomic E-state index is 13.6. The van der Waals surface area contributed by atoms with Crippen LogP contribution in [0.3, 0.4) is 0 Å². The van der Waals surface area contributed by atoms with Crippen molar-refractivity contribution in [2.24, 2.45) is 0 Å². The van der Waals surface area contributed by atoms with E-state index < -0.39 is 6.04 Å². The van der Waals surface area contributed by atoms with E-state index >= 15 is 0 Å². The van der Waals surface area contributed by atoms with Crippen molar-refractivity contribution in [3.63, 3.8) is 0 Å². The number of aromatic nitrogens is 1. The Morgan fingerprint density at radius 2 is 2.17 bits per heavy atom. The molecule has 23 heavy (non-hydrogen) atoms. The molecule has 2 aromatic rings. The van der Waals surface area contributed by atoms with Crippen molar-refractivity contribution in [2.75, 3.05) is 31.6 Å². The Morgan fingerprint density at radius 3 is 2.83 bits per heavy atom. The van der Waals surface area contributed by atoms with Gasteiger partial charge in [-0.1, -0.05) is 12.1 Å². The molecule has 1 aliphatic rings. The maximum Gasteiger partial charge on any atom is 0.246 e. The molecule has 1 atom stereocenters. The average molecular weight is 335 g/mol. The second-order valence-corrected chi connectivity index (χ2v) is 6.23. The fourth-order valence-corrected chi connectivity index (χ4v) is 3.32. The number of anilines is 1. The molecule has 0 saturated carbocycles. The highest BCUT2D eigenvalue weighted by Crippen LogP contribution is 2.25. The van der Waals surface area contributed by atoms with Gasteiger partial charge >= 0.3 is 0 Å². The van der Waals surface area contributed by atoms with Gasteiger partial charge in [0.05, 0.1) is 18.9 Å². The predicted molar refractivity (Wildman–Crippen MR) is 87.0 cm³/mol. The summed E-state index contributed by atoms with van der Waals surface area (Å²) in [5.41, 5.74) is 1.50. The molecule has 122 valence electrons. The zero-order chi connectivity index (χ0) is 16.2. The van der Waals surface area contributed by atoms with Crippen LogP contribution < -0.4 is 5.32 Å². The first-order valence-corrected chi connectivity index (χ1v) is 8.22. The van der Waals surface area contributed by atoms with Crippen molar-refractivity contribution < 1.29 is 13.9 Å². The van der Waals surface area contributed by atoms with Crippen molar-refractivity contribution in [1.29, 1.82) is 0 Å². The number of carbonyl (C=O) groups is 1. The molecule has 2 heterocycles. The lowest BCUT2D eigenvalue weighted by molar-refractivity contribution is -0.123. The summed E-state index contributed by atoms with van der Waals surface area (Å²) in [5, 5.41) is 3.59. The van der Waals surface area contributed by atoms with Crippen LogP contribution >= 0.6 is 11.5 Å². The monoisotopic (exact) mass is 335 g/mol. The molecule has 0 spiro atoms. The summed E-state index contributed by atoms with van der Waals surface area (Å²) in [5.74, 6) is -0.525. The summed E-state index contributed by atoms with van der Waals surface area (Å²) >= 11 is 1.24. The Kier molecular flexibility index (Phi) is 5.00. The molecule has 1 N–H and O–H groups in total. The number of ether oxygens (including phenoxy) is 1. The molecule has 0 bridgehead atoms. The van der Waals surface area contributed by atoms with Crippen LogP contribution in [0.4, 0.5) is 9.39 Å². The molecule has 3 rings (SSSR count). The summed E-state index contributed by atoms with van der Waals surface area (Å²) < 4.78 is 23.1. The first kappa shape index (κ1) is 16.0. The van der Waals surface area contributed by atoms with Crippen LogP contribution in [0.5, 0.6) is 0 Å². The van der Waals surface area contributed by atoms with Gasteiger partial charge in [0.15, 0.2) is 0 Å². The topological polar surface area (TPSA) is 54.5 Å². The van der Waals surface area contributed by atoms with Gasteiger partial charge in [-0.15, -0.1) is 0 Å². The zero-order valence-corrected chi connectivity index (χ0v) is 13.6. The van der Waals surface area contributed by atoms with Crippen LogP contribution in [0, 0.1) is 12.7 Å². The lowest BCUT2D eigenvalue weighted by Crippen LogP contribution is -2.43. The average Bonchev–Trinajstić information content (AvgIpc) is 2.94. The summed E-state index contributed by atoms with van der Waals surface area (Å²) in [7, 11) is 0. The highest BCUT2D eigenvalue weighted by molar-refractivity contribution is 7.10. The van der Waals surface area contributed by atoms with Crippen molar-refractivity contribution in [1.82, 2.24) is 9.27 Å². The zero-order valence-electron chi connectivity index (χ0n) is 12.8. The summed E-state index contributed by atoms with van der Waals surface area (Å²) in [4.78, 5) is 14.8. The largest absolute Gasteiger partial charge is 0.379 e. The molecular weight excluding hydrogens is 317 g/mol. The van der Waals surface area contributed by atoms with Crippen molar-refractivity contribution in [3.8, 4) is 0 Å². The van der Waals surface area contributed by atoms with Crippen LogP contribution in [-0.2, 0) is 9.53 Å². The lowest BCUT2D eigenvalue weighted by atomic mass is 10.0. The summed E-state index contributed by atoms with van der Waals surface area (Å²) in [6, 6.07) is 7.48. The van der Waals surface area contributed by atoms with E-state index in [0.717, 1.165) is 5.69 Å². The fourth-order valence-electron chi connectivity index (χ4n) is 2.65. The number of nitrogens with one attached hydrogen (secondary N) is 1. The van der Waals surface area contributed by atoms with E-state index in [1.165, 1.54) is 23.7 Å². The van der Waals surface area contributed by atoms with Crippen LogP contribution in [-0.4, -0.2) is 41.5 Å². The number of nitrogens with zero attached hydrogens (tertiary/aromatic N) is 2. The first-order chi connectivity index (χ1) is 11.1. The Morgan fingerprint density at radius 1 is 1.39 bits per heavy atom. The fraction of sp³-hybridized carbons (Fsp3) is 0.375. The van der Waals surface area contributed by atoms with Crippen LogP contribution in [0.15, 0.2) is 30.3 Å². The third kappa shape index (κ3) is 3.93. The van der Waals surface area contributed by atoms with E-state index in [2.05, 4.69) is 9.69 Å². The molecule has 1 saturated heterocycles. The highest BCUT2D eigenvalue weighted by atomic mass is 32.1. The van der Waals surface area contributed by atoms with Gasteiger partial charge in [0.25, 0.3) is 0 Å². The molecule has 0 radical (unpaired) electrons. The second kappa shape index (κ2) is 7.16. The minimum atomic E-state index is -0.544. The predicted octanol–water partition coefficient (Wildman–Crippen LogP) is 2.60. The van der Waals surface area contributed by atoms with E-state index in [4.69, 9.17) is 4.74 Å². The SMILES string of the molecule is Cc1cc(NC(=O)C(c2cccc(F)c2)N2CCOCC2)sn1. The van der Waals surface area contributed by atoms with Crippen molar-refractivity contribution >= 4 is 22.4 Å². The number of rotatable bonds is 4. The van der Waals surface area contributed by atoms with Crippen LogP contribution in [0.2, 0.25) is 0 Å². The molecule has 1 amide bonds. The minimum absolute atomic E-state index is 0.179. The minimum Gasteiger partial charge on any atom is -0.379 e. The van der Waals surface area contributed by atoms with Gasteiger partial charge in [-0.25, -0.2) is 4.39 Å². The van der Waals surface area contributed by atoms with Gasteiger partial charge in [-0.3, -0.25) is 9.69 Å². The van der Waals surface area contributed by atoms with Crippen molar-refractivity contribution in [3.05, 3.63) is 47.4 Å². The number of amides is 1. The third-order valence-corrected chi connectivity index (χ3v) is 4.49. The Balaban J connectivity index is 1.85. The van der Waals surface area contributed by atoms with E-state index in [9.17, 15) is 9.18 Å². The van der Waals surface area contributed by atoms with Gasteiger partial charge in [0, 0.05) is 13.1 Å². The number of carbonyl (C=O) groups excluding carboxylic acids is 1. The molecule has 7 heteroatoms. The molecule has 1 unspecified atom stereocenters. The molecule has 5 nitrogen and oxygen atoms in total. The third-order valence-electron chi connectivity index (χ3n) is 3.70. The molecule has 1 aliphatic heterocycles. The Hall–Kier alpha value is -1.83. The van der Waals surface area contributed by atoms with Crippen molar-refractivity contribution in [2.45, 2.75) is 13.0 Å². The normalized spacial score (nSPS) is 17.0. The molecule has 1 fully saturated rings. The quantitative estimate of drug-likeness (QED) is 0.933. The number of morpholine rings is 1. The second-order valence-electron chi connectivity index (χ2n) is 5.43. The van der Waals surface area contributed by atoms with Gasteiger partial charge in [0.1, 0.15) is 16.9 Å². The van der Waals surface area contributed by atoms with E-state index in [1.54, 1.807) is 12.1 Å². The number of hydrogen-bond acceptors (Lipinski definition) is 5. The summed E-state index contributed by atoms with van der Waals surface area (Å²) in [6.07, 6.45) is 0. The number of benzene rings is 1. The van der Waals surface area contributed by atoms with E-state index in [1.807, 2.05) is 17.9 Å². The smallest absolute Gasteiger partial charge is 0.246 e. The Bertz CT molecular complexity index is 685. The lowest BCUT2D eigenvalue weighted by Gasteiger charge is -2.33. The van der Waals surface area contributed by atoms with Gasteiger partial charge in [-0.05, 0) is 42.2 Å². The first-order valence-electron chi connectivity index (χ1n) is 7.45. The number of halogens is 1. The van der Waals surface area contributed by atoms with Crippen LogP contribution in [0.25, 0.3) is 0 Å². The summed E-state index contributed by atoms with van der Waals surface area (Å²) in [6.45, 7) is 4.28. The number of aryl methyl sites for hydroxylation is 1. The molecular formula is C16H18FN3O2S. The Labute approximate surface area is 138 Å².